The molecule has 2 aromatic carbocycles. The molecule has 1 aliphatic heterocycles. The highest BCUT2D eigenvalue weighted by atomic mass is 79.9. The van der Waals surface area contributed by atoms with Gasteiger partial charge in [-0.05, 0) is 53.3 Å². The third-order valence-corrected chi connectivity index (χ3v) is 7.30. The van der Waals surface area contributed by atoms with Gasteiger partial charge in [0.2, 0.25) is 0 Å². The van der Waals surface area contributed by atoms with Gasteiger partial charge in [0, 0.05) is 16.5 Å². The van der Waals surface area contributed by atoms with Crippen molar-refractivity contribution in [2.45, 2.75) is 32.7 Å². The fourth-order valence-corrected chi connectivity index (χ4v) is 5.89. The minimum absolute atomic E-state index is 0.0396. The highest BCUT2D eigenvalue weighted by Crippen LogP contribution is 2.43. The lowest BCUT2D eigenvalue weighted by Gasteiger charge is -2.35. The average Bonchev–Trinajstić information content (AvgIpc) is 3.02. The highest BCUT2D eigenvalue weighted by Gasteiger charge is 2.40. The largest absolute Gasteiger partial charge is 0.294 e. The molecule has 2 heterocycles. The molecule has 7 heteroatoms. The molecule has 4 nitrogen and oxygen atoms in total. The van der Waals surface area contributed by atoms with Crippen LogP contribution in [0.5, 0.6) is 0 Å². The summed E-state index contributed by atoms with van der Waals surface area (Å²) >= 11 is 4.82. The van der Waals surface area contributed by atoms with Crippen LogP contribution in [0.25, 0.3) is 6.08 Å². The summed E-state index contributed by atoms with van der Waals surface area (Å²) < 4.78 is 16.3. The van der Waals surface area contributed by atoms with Gasteiger partial charge in [-0.15, -0.1) is 0 Å². The Bertz CT molecular complexity index is 1460. The molecular weight excluding hydrogens is 491 g/mol. The lowest BCUT2D eigenvalue weighted by molar-refractivity contribution is -0.118. The summed E-state index contributed by atoms with van der Waals surface area (Å²) in [6.07, 6.45) is 2.85. The normalized spacial score (nSPS) is 20.1. The Morgan fingerprint density at radius 3 is 2.62 bits per heavy atom. The van der Waals surface area contributed by atoms with E-state index in [2.05, 4.69) is 29.8 Å². The van der Waals surface area contributed by atoms with E-state index >= 15 is 0 Å². The van der Waals surface area contributed by atoms with Crippen molar-refractivity contribution in [1.82, 2.24) is 4.57 Å². The lowest BCUT2D eigenvalue weighted by Crippen LogP contribution is -2.42. The minimum Gasteiger partial charge on any atom is -0.294 e. The molecule has 0 fully saturated rings. The second-order valence-electron chi connectivity index (χ2n) is 8.99. The van der Waals surface area contributed by atoms with Crippen molar-refractivity contribution >= 4 is 39.1 Å². The first-order valence-electron chi connectivity index (χ1n) is 10.3. The molecule has 162 valence electrons. The van der Waals surface area contributed by atoms with Crippen molar-refractivity contribution in [3.8, 4) is 0 Å². The van der Waals surface area contributed by atoms with Gasteiger partial charge in [-0.3, -0.25) is 14.2 Å². The van der Waals surface area contributed by atoms with Crippen LogP contribution in [0.1, 0.15) is 43.9 Å². The first kappa shape index (κ1) is 21.2. The molecule has 5 rings (SSSR count). The molecule has 1 atom stereocenters. The summed E-state index contributed by atoms with van der Waals surface area (Å²) in [5, 5.41) is 0. The van der Waals surface area contributed by atoms with Crippen LogP contribution in [-0.2, 0) is 4.79 Å². The van der Waals surface area contributed by atoms with E-state index < -0.39 is 6.04 Å². The Kier molecular flexibility index (Phi) is 5.13. The summed E-state index contributed by atoms with van der Waals surface area (Å²) in [6.45, 7) is 4.14. The van der Waals surface area contributed by atoms with Crippen LogP contribution in [-0.4, -0.2) is 10.4 Å². The van der Waals surface area contributed by atoms with E-state index in [9.17, 15) is 14.0 Å². The maximum atomic E-state index is 13.5. The van der Waals surface area contributed by atoms with Crippen molar-refractivity contribution in [3.63, 3.8) is 0 Å². The summed E-state index contributed by atoms with van der Waals surface area (Å²) in [6, 6.07) is 13.2. The number of carbonyl (C=O) groups is 1. The van der Waals surface area contributed by atoms with Gasteiger partial charge in [-0.1, -0.05) is 65.4 Å². The van der Waals surface area contributed by atoms with Gasteiger partial charge in [-0.25, -0.2) is 9.38 Å². The van der Waals surface area contributed by atoms with Crippen molar-refractivity contribution in [1.29, 1.82) is 0 Å². The van der Waals surface area contributed by atoms with E-state index in [1.54, 1.807) is 22.8 Å². The van der Waals surface area contributed by atoms with Crippen LogP contribution in [0.3, 0.4) is 0 Å². The number of aromatic nitrogens is 1. The number of carbonyl (C=O) groups excluding carboxylic acids is 1. The Labute approximate surface area is 196 Å². The van der Waals surface area contributed by atoms with Crippen LogP contribution in [0.4, 0.5) is 4.39 Å². The van der Waals surface area contributed by atoms with Gasteiger partial charge in [0.05, 0.1) is 16.3 Å². The number of fused-ring (bicyclic) bond motifs is 1. The van der Waals surface area contributed by atoms with Gasteiger partial charge >= 0.3 is 0 Å². The smallest absolute Gasteiger partial charge is 0.271 e. The molecule has 0 N–H and O–H groups in total. The first-order chi connectivity index (χ1) is 15.2. The quantitative estimate of drug-likeness (QED) is 0.509. The second-order valence-corrected chi connectivity index (χ2v) is 10.9. The van der Waals surface area contributed by atoms with Crippen molar-refractivity contribution < 1.29 is 9.18 Å². The Morgan fingerprint density at radius 2 is 1.91 bits per heavy atom. The number of halogens is 2. The fourth-order valence-electron chi connectivity index (χ4n) is 4.45. The molecule has 3 aromatic rings. The Morgan fingerprint density at radius 1 is 1.16 bits per heavy atom. The van der Waals surface area contributed by atoms with Crippen molar-refractivity contribution in [2.75, 3.05) is 0 Å². The van der Waals surface area contributed by atoms with Crippen molar-refractivity contribution in [3.05, 3.63) is 101 Å². The van der Waals surface area contributed by atoms with E-state index in [0.717, 1.165) is 21.3 Å². The van der Waals surface area contributed by atoms with Gasteiger partial charge < -0.3 is 0 Å². The maximum Gasteiger partial charge on any atom is 0.271 e. The molecular formula is C25H20BrFN2O2S. The number of benzene rings is 2. The molecule has 1 aromatic heterocycles. The molecule has 2 aliphatic rings. The Hall–Kier alpha value is -2.64. The molecule has 0 saturated heterocycles. The van der Waals surface area contributed by atoms with Crippen molar-refractivity contribution in [2.24, 2.45) is 10.4 Å². The van der Waals surface area contributed by atoms with E-state index in [0.29, 0.717) is 27.7 Å². The number of hydrogen-bond donors (Lipinski definition) is 0. The molecule has 1 aliphatic carbocycles. The molecule has 0 spiro atoms. The standard InChI is InChI=1S/C25H20BrFN2O2S/c1-25(2)12-18-21(19(30)13-25)22(15-4-3-5-16(26)11-15)29-23(31)20(32-24(29)28-18)10-14-6-8-17(27)9-7-14/h3-11,22H,12-13H2,1-2H3. The van der Waals surface area contributed by atoms with Gasteiger partial charge in [-0.2, -0.15) is 0 Å². The third-order valence-electron chi connectivity index (χ3n) is 5.83. The maximum absolute atomic E-state index is 13.5. The molecule has 1 unspecified atom stereocenters. The van der Waals surface area contributed by atoms with Gasteiger partial charge in [0.25, 0.3) is 5.56 Å². The monoisotopic (exact) mass is 510 g/mol. The number of rotatable bonds is 2. The summed E-state index contributed by atoms with van der Waals surface area (Å²) in [7, 11) is 0. The van der Waals surface area contributed by atoms with Crippen LogP contribution < -0.4 is 14.9 Å². The SMILES string of the molecule is CC1(C)CC(=O)C2=C(C1)N=c1sc(=Cc3ccc(F)cc3)c(=O)n1C2c1cccc(Br)c1. The number of allylic oxidation sites excluding steroid dienone is 2. The molecule has 0 saturated carbocycles. The Balaban J connectivity index is 1.77. The van der Waals surface area contributed by atoms with Gasteiger partial charge in [0.1, 0.15) is 5.82 Å². The van der Waals surface area contributed by atoms with Crippen LogP contribution >= 0.6 is 27.3 Å². The number of ketones is 1. The van der Waals surface area contributed by atoms with E-state index in [-0.39, 0.29) is 22.6 Å². The molecule has 0 amide bonds. The number of nitrogens with zero attached hydrogens (tertiary/aromatic N) is 2. The van der Waals surface area contributed by atoms with E-state index in [4.69, 9.17) is 4.99 Å². The third kappa shape index (κ3) is 3.73. The first-order valence-corrected chi connectivity index (χ1v) is 11.9. The zero-order valence-corrected chi connectivity index (χ0v) is 20.0. The molecule has 0 radical (unpaired) electrons. The van der Waals surface area contributed by atoms with Gasteiger partial charge in [0.15, 0.2) is 10.6 Å². The summed E-state index contributed by atoms with van der Waals surface area (Å²) in [5.41, 5.74) is 2.60. The summed E-state index contributed by atoms with van der Waals surface area (Å²) in [5.74, 6) is -0.287. The number of hydrogen-bond acceptors (Lipinski definition) is 4. The molecule has 32 heavy (non-hydrogen) atoms. The van der Waals surface area contributed by atoms with E-state index in [1.165, 1.54) is 23.5 Å². The minimum atomic E-state index is -0.516. The van der Waals surface area contributed by atoms with Crippen LogP contribution in [0.2, 0.25) is 0 Å². The van der Waals surface area contributed by atoms with Crippen LogP contribution in [0, 0.1) is 11.2 Å². The van der Waals surface area contributed by atoms with Crippen LogP contribution in [0.15, 0.2) is 74.1 Å². The predicted octanol–water partition coefficient (Wildman–Crippen LogP) is 4.51. The number of Topliss-reactive ketones (excluding diaryl/α,β-unsaturated/α-hetero) is 1. The zero-order valence-electron chi connectivity index (χ0n) is 17.6. The average molecular weight is 511 g/mol. The predicted molar refractivity (Wildman–Crippen MR) is 127 cm³/mol. The zero-order chi connectivity index (χ0) is 22.6. The second kappa shape index (κ2) is 7.74. The van der Waals surface area contributed by atoms with E-state index in [1.807, 2.05) is 24.3 Å². The topological polar surface area (TPSA) is 51.4 Å². The lowest BCUT2D eigenvalue weighted by atomic mass is 9.73. The highest BCUT2D eigenvalue weighted by molar-refractivity contribution is 9.10. The summed E-state index contributed by atoms with van der Waals surface area (Å²) in [4.78, 5) is 32.2. The fraction of sp³-hybridized carbons (Fsp3) is 0.240. The molecule has 0 bridgehead atoms. The number of thiazole rings is 1.